The number of carboxylic acid groups (broad SMARTS) is 1. The number of ether oxygens (including phenoxy) is 1. The van der Waals surface area contributed by atoms with Gasteiger partial charge in [-0.3, -0.25) is 9.59 Å². The van der Waals surface area contributed by atoms with E-state index in [1.165, 1.54) is 5.56 Å². The van der Waals surface area contributed by atoms with E-state index in [1.807, 2.05) is 23.1 Å². The third-order valence-electron chi connectivity index (χ3n) is 4.12. The molecule has 1 fully saturated rings. The lowest BCUT2D eigenvalue weighted by molar-refractivity contribution is -0.133. The van der Waals surface area contributed by atoms with Gasteiger partial charge in [0.05, 0.1) is 18.6 Å². The number of para-hydroxylation sites is 1. The average Bonchev–Trinajstić information content (AvgIpc) is 2.55. The second-order valence-electron chi connectivity index (χ2n) is 5.73. The summed E-state index contributed by atoms with van der Waals surface area (Å²) >= 11 is 1.16. The molecule has 1 aliphatic rings. The van der Waals surface area contributed by atoms with Gasteiger partial charge >= 0.3 is 5.97 Å². The standard InChI is InChI=1S/C17H23NO4S/c1-22-15-5-3-2-4-14(15)10-13-6-8-18(9-7-13)16(19)11-23-12-17(20)21/h2-5,13H,6-12H2,1H3,(H,20,21). The minimum absolute atomic E-state index is 0.0179. The number of hydrogen-bond acceptors (Lipinski definition) is 4. The zero-order chi connectivity index (χ0) is 16.7. The van der Waals surface area contributed by atoms with Gasteiger partial charge in [-0.15, -0.1) is 11.8 Å². The molecule has 1 aromatic rings. The molecule has 0 aromatic heterocycles. The zero-order valence-corrected chi connectivity index (χ0v) is 14.2. The third-order valence-corrected chi connectivity index (χ3v) is 5.02. The van der Waals surface area contributed by atoms with Crippen molar-refractivity contribution in [3.63, 3.8) is 0 Å². The van der Waals surface area contributed by atoms with Crippen molar-refractivity contribution in [3.05, 3.63) is 29.8 Å². The Hall–Kier alpha value is -1.69. The van der Waals surface area contributed by atoms with E-state index in [0.717, 1.165) is 49.9 Å². The van der Waals surface area contributed by atoms with Crippen LogP contribution in [0, 0.1) is 5.92 Å². The lowest BCUT2D eigenvalue weighted by Gasteiger charge is -2.32. The smallest absolute Gasteiger partial charge is 0.313 e. The van der Waals surface area contributed by atoms with Crippen LogP contribution in [-0.2, 0) is 16.0 Å². The van der Waals surface area contributed by atoms with Gasteiger partial charge < -0.3 is 14.7 Å². The molecule has 0 unspecified atom stereocenters. The molecular weight excluding hydrogens is 314 g/mol. The van der Waals surface area contributed by atoms with Crippen LogP contribution in [0.4, 0.5) is 0 Å². The molecule has 1 heterocycles. The number of aliphatic carboxylic acids is 1. The highest BCUT2D eigenvalue weighted by molar-refractivity contribution is 8.00. The van der Waals surface area contributed by atoms with Crippen LogP contribution >= 0.6 is 11.8 Å². The highest BCUT2D eigenvalue weighted by atomic mass is 32.2. The summed E-state index contributed by atoms with van der Waals surface area (Å²) in [6, 6.07) is 8.07. The van der Waals surface area contributed by atoms with E-state index in [-0.39, 0.29) is 17.4 Å². The molecule has 1 amide bonds. The summed E-state index contributed by atoms with van der Waals surface area (Å²) in [6.07, 6.45) is 2.93. The molecule has 0 bridgehead atoms. The number of hydrogen-bond donors (Lipinski definition) is 1. The average molecular weight is 337 g/mol. The maximum Gasteiger partial charge on any atom is 0.313 e. The van der Waals surface area contributed by atoms with Crippen LogP contribution in [-0.4, -0.2) is 53.6 Å². The highest BCUT2D eigenvalue weighted by Gasteiger charge is 2.23. The van der Waals surface area contributed by atoms with Crippen LogP contribution in [0.3, 0.4) is 0 Å². The van der Waals surface area contributed by atoms with E-state index in [4.69, 9.17) is 9.84 Å². The number of carbonyl (C=O) groups is 2. The van der Waals surface area contributed by atoms with Gasteiger partial charge in [-0.2, -0.15) is 0 Å². The Bertz CT molecular complexity index is 541. The van der Waals surface area contributed by atoms with E-state index >= 15 is 0 Å². The molecule has 1 N–H and O–H groups in total. The van der Waals surface area contributed by atoms with E-state index in [9.17, 15) is 9.59 Å². The molecule has 6 heteroatoms. The van der Waals surface area contributed by atoms with E-state index < -0.39 is 5.97 Å². The molecular formula is C17H23NO4S. The fraction of sp³-hybridized carbons (Fsp3) is 0.529. The van der Waals surface area contributed by atoms with Crippen molar-refractivity contribution in [2.75, 3.05) is 31.7 Å². The first-order chi connectivity index (χ1) is 11.1. The quantitative estimate of drug-likeness (QED) is 0.827. The molecule has 126 valence electrons. The summed E-state index contributed by atoms with van der Waals surface area (Å²) < 4.78 is 5.39. The summed E-state index contributed by atoms with van der Waals surface area (Å²) in [5.74, 6) is 0.892. The number of amides is 1. The van der Waals surface area contributed by atoms with Gasteiger partial charge in [0.15, 0.2) is 0 Å². The van der Waals surface area contributed by atoms with Gasteiger partial charge in [0.1, 0.15) is 5.75 Å². The Morgan fingerprint density at radius 1 is 1.26 bits per heavy atom. The number of methoxy groups -OCH3 is 1. The molecule has 0 saturated carbocycles. The topological polar surface area (TPSA) is 66.8 Å². The monoisotopic (exact) mass is 337 g/mol. The lowest BCUT2D eigenvalue weighted by Crippen LogP contribution is -2.40. The first kappa shape index (κ1) is 17.7. The molecule has 0 radical (unpaired) electrons. The number of carboxylic acids is 1. The largest absolute Gasteiger partial charge is 0.496 e. The fourth-order valence-corrected chi connectivity index (χ4v) is 3.52. The SMILES string of the molecule is COc1ccccc1CC1CCN(C(=O)CSCC(=O)O)CC1. The lowest BCUT2D eigenvalue weighted by atomic mass is 9.90. The number of nitrogens with zero attached hydrogens (tertiary/aromatic N) is 1. The van der Waals surface area contributed by atoms with Gasteiger partial charge in [-0.1, -0.05) is 18.2 Å². The molecule has 0 atom stereocenters. The molecule has 0 aliphatic carbocycles. The second-order valence-corrected chi connectivity index (χ2v) is 6.71. The van der Waals surface area contributed by atoms with Crippen molar-refractivity contribution in [1.82, 2.24) is 4.90 Å². The van der Waals surface area contributed by atoms with Gasteiger partial charge in [-0.25, -0.2) is 0 Å². The van der Waals surface area contributed by atoms with Gasteiger partial charge in [-0.05, 0) is 36.8 Å². The van der Waals surface area contributed by atoms with Crippen LogP contribution in [0.5, 0.6) is 5.75 Å². The number of piperidine rings is 1. The molecule has 1 aromatic carbocycles. The normalized spacial score (nSPS) is 15.4. The highest BCUT2D eigenvalue weighted by Crippen LogP contribution is 2.26. The maximum atomic E-state index is 12.0. The van der Waals surface area contributed by atoms with Crippen LogP contribution in [0.1, 0.15) is 18.4 Å². The summed E-state index contributed by atoms with van der Waals surface area (Å²) in [5, 5.41) is 8.60. The van der Waals surface area contributed by atoms with Crippen LogP contribution < -0.4 is 4.74 Å². The van der Waals surface area contributed by atoms with Crippen LogP contribution in [0.15, 0.2) is 24.3 Å². The van der Waals surface area contributed by atoms with Crippen molar-refractivity contribution in [2.45, 2.75) is 19.3 Å². The van der Waals surface area contributed by atoms with E-state index in [1.54, 1.807) is 7.11 Å². The third kappa shape index (κ3) is 5.46. The van der Waals surface area contributed by atoms with Crippen molar-refractivity contribution < 1.29 is 19.4 Å². The molecule has 1 aliphatic heterocycles. The Balaban J connectivity index is 1.77. The van der Waals surface area contributed by atoms with E-state index in [2.05, 4.69) is 6.07 Å². The molecule has 2 rings (SSSR count). The summed E-state index contributed by atoms with van der Waals surface area (Å²) in [4.78, 5) is 24.4. The number of benzene rings is 1. The Morgan fingerprint density at radius 2 is 1.96 bits per heavy atom. The van der Waals surface area contributed by atoms with Crippen molar-refractivity contribution in [1.29, 1.82) is 0 Å². The van der Waals surface area contributed by atoms with Crippen molar-refractivity contribution in [3.8, 4) is 5.75 Å². The van der Waals surface area contributed by atoms with Gasteiger partial charge in [0, 0.05) is 13.1 Å². The second kappa shape index (κ2) is 8.82. The summed E-state index contributed by atoms with van der Waals surface area (Å²) in [7, 11) is 1.69. The van der Waals surface area contributed by atoms with Crippen LogP contribution in [0.2, 0.25) is 0 Å². The number of thioether (sulfide) groups is 1. The summed E-state index contributed by atoms with van der Waals surface area (Å²) in [5.41, 5.74) is 1.22. The Kier molecular flexibility index (Phi) is 6.77. The number of carbonyl (C=O) groups excluding carboxylic acids is 1. The van der Waals surface area contributed by atoms with Crippen molar-refractivity contribution >= 4 is 23.6 Å². The fourth-order valence-electron chi connectivity index (χ4n) is 2.89. The van der Waals surface area contributed by atoms with E-state index in [0.29, 0.717) is 5.92 Å². The predicted octanol–water partition coefficient (Wildman–Crippen LogP) is 2.29. The minimum Gasteiger partial charge on any atom is -0.496 e. The van der Waals surface area contributed by atoms with Crippen molar-refractivity contribution in [2.24, 2.45) is 5.92 Å². The molecule has 5 nitrogen and oxygen atoms in total. The molecule has 1 saturated heterocycles. The predicted molar refractivity (Wildman–Crippen MR) is 91.0 cm³/mol. The number of rotatable bonds is 7. The van der Waals surface area contributed by atoms with Gasteiger partial charge in [0.2, 0.25) is 5.91 Å². The zero-order valence-electron chi connectivity index (χ0n) is 13.4. The Labute approximate surface area is 141 Å². The number of likely N-dealkylation sites (tertiary alicyclic amines) is 1. The summed E-state index contributed by atoms with van der Waals surface area (Å²) in [6.45, 7) is 1.51. The maximum absolute atomic E-state index is 12.0. The molecule has 23 heavy (non-hydrogen) atoms. The van der Waals surface area contributed by atoms with Gasteiger partial charge in [0.25, 0.3) is 0 Å². The van der Waals surface area contributed by atoms with Crippen LogP contribution in [0.25, 0.3) is 0 Å². The Morgan fingerprint density at radius 3 is 2.61 bits per heavy atom. The minimum atomic E-state index is -0.877. The first-order valence-corrected chi connectivity index (χ1v) is 8.95. The molecule has 0 spiro atoms. The first-order valence-electron chi connectivity index (χ1n) is 7.79.